The van der Waals surface area contributed by atoms with Crippen LogP contribution in [-0.2, 0) is 16.6 Å². The summed E-state index contributed by atoms with van der Waals surface area (Å²) >= 11 is 0. The summed E-state index contributed by atoms with van der Waals surface area (Å²) in [5, 5.41) is 12.3. The number of sulfonamides is 1. The van der Waals surface area contributed by atoms with Gasteiger partial charge in [0.25, 0.3) is 0 Å². The number of aliphatic hydroxyl groups excluding tert-OH is 1. The van der Waals surface area contributed by atoms with Crippen molar-refractivity contribution < 1.29 is 13.5 Å². The third-order valence-electron chi connectivity index (χ3n) is 3.44. The third kappa shape index (κ3) is 3.79. The van der Waals surface area contributed by atoms with Gasteiger partial charge in [-0.2, -0.15) is 4.31 Å². The van der Waals surface area contributed by atoms with Gasteiger partial charge in [-0.15, -0.1) is 0 Å². The second-order valence-electron chi connectivity index (χ2n) is 5.02. The molecule has 0 heterocycles. The monoisotopic (exact) mass is 298 g/mol. The standard InChI is InChI=1S/C14H22N2O3S/c1-2-16(9-10-17)20(18,19)14-7-3-12(4-8-14)11-15-13-5-6-13/h3-4,7-8,13,15,17H,2,5-6,9-11H2,1H3. The minimum atomic E-state index is -3.50. The molecule has 1 aliphatic rings. The zero-order valence-electron chi connectivity index (χ0n) is 11.7. The van der Waals surface area contributed by atoms with Crippen LogP contribution in [0, 0.1) is 0 Å². The molecule has 0 amide bonds. The summed E-state index contributed by atoms with van der Waals surface area (Å²) in [4.78, 5) is 0.281. The lowest BCUT2D eigenvalue weighted by atomic mass is 10.2. The second-order valence-corrected chi connectivity index (χ2v) is 6.96. The Kier molecular flexibility index (Phi) is 5.15. The number of hydrogen-bond donors (Lipinski definition) is 2. The molecule has 112 valence electrons. The Labute approximate surface area is 120 Å². The van der Waals surface area contributed by atoms with Gasteiger partial charge in [0.15, 0.2) is 0 Å². The third-order valence-corrected chi connectivity index (χ3v) is 5.42. The normalized spacial score (nSPS) is 15.8. The van der Waals surface area contributed by atoms with Gasteiger partial charge in [-0.1, -0.05) is 19.1 Å². The van der Waals surface area contributed by atoms with Gasteiger partial charge in [0.2, 0.25) is 10.0 Å². The van der Waals surface area contributed by atoms with Gasteiger partial charge in [-0.3, -0.25) is 0 Å². The zero-order valence-corrected chi connectivity index (χ0v) is 12.6. The molecule has 2 N–H and O–H groups in total. The van der Waals surface area contributed by atoms with Crippen LogP contribution in [-0.4, -0.2) is 43.6 Å². The lowest BCUT2D eigenvalue weighted by Crippen LogP contribution is -2.33. The largest absolute Gasteiger partial charge is 0.395 e. The van der Waals surface area contributed by atoms with Crippen LogP contribution in [0.25, 0.3) is 0 Å². The first kappa shape index (κ1) is 15.4. The van der Waals surface area contributed by atoms with E-state index in [1.54, 1.807) is 19.1 Å². The Bertz CT molecular complexity index is 524. The van der Waals surface area contributed by atoms with Gasteiger partial charge < -0.3 is 10.4 Å². The smallest absolute Gasteiger partial charge is 0.243 e. The number of benzene rings is 1. The van der Waals surface area contributed by atoms with Gasteiger partial charge >= 0.3 is 0 Å². The fourth-order valence-electron chi connectivity index (χ4n) is 2.04. The molecule has 0 spiro atoms. The lowest BCUT2D eigenvalue weighted by molar-refractivity contribution is 0.257. The molecule has 1 aromatic rings. The summed E-state index contributed by atoms with van der Waals surface area (Å²) in [7, 11) is -3.50. The van der Waals surface area contributed by atoms with E-state index in [2.05, 4.69) is 5.32 Å². The fraction of sp³-hybridized carbons (Fsp3) is 0.571. The first-order valence-electron chi connectivity index (χ1n) is 7.01. The highest BCUT2D eigenvalue weighted by atomic mass is 32.2. The molecular weight excluding hydrogens is 276 g/mol. The van der Waals surface area contributed by atoms with E-state index in [0.29, 0.717) is 12.6 Å². The molecule has 1 aliphatic carbocycles. The molecule has 6 heteroatoms. The summed E-state index contributed by atoms with van der Waals surface area (Å²) in [5.74, 6) is 0. The van der Waals surface area contributed by atoms with Gasteiger partial charge in [0.1, 0.15) is 0 Å². The van der Waals surface area contributed by atoms with Crippen molar-refractivity contribution in [2.45, 2.75) is 37.2 Å². The Morgan fingerprint density at radius 2 is 1.95 bits per heavy atom. The summed E-state index contributed by atoms with van der Waals surface area (Å²) in [5.41, 5.74) is 1.08. The van der Waals surface area contributed by atoms with E-state index >= 15 is 0 Å². The average Bonchev–Trinajstić information content (AvgIpc) is 3.27. The number of nitrogens with one attached hydrogen (secondary N) is 1. The van der Waals surface area contributed by atoms with E-state index in [1.807, 2.05) is 12.1 Å². The Balaban J connectivity index is 2.06. The van der Waals surface area contributed by atoms with Crippen LogP contribution >= 0.6 is 0 Å². The molecule has 0 saturated heterocycles. The number of rotatable bonds is 8. The van der Waals surface area contributed by atoms with Crippen LogP contribution in [0.2, 0.25) is 0 Å². The first-order chi connectivity index (χ1) is 9.57. The maximum atomic E-state index is 12.3. The minimum Gasteiger partial charge on any atom is -0.395 e. The molecule has 0 aliphatic heterocycles. The molecule has 5 nitrogen and oxygen atoms in total. The summed E-state index contributed by atoms with van der Waals surface area (Å²) in [6, 6.07) is 7.60. The highest BCUT2D eigenvalue weighted by Gasteiger charge is 2.23. The summed E-state index contributed by atoms with van der Waals surface area (Å²) in [6.07, 6.45) is 2.47. The molecule has 0 unspecified atom stereocenters. The number of aliphatic hydroxyl groups is 1. The SMILES string of the molecule is CCN(CCO)S(=O)(=O)c1ccc(CNC2CC2)cc1. The second kappa shape index (κ2) is 6.67. The Hall–Kier alpha value is -0.950. The molecule has 0 aromatic heterocycles. The van der Waals surface area contributed by atoms with Crippen LogP contribution < -0.4 is 5.32 Å². The maximum Gasteiger partial charge on any atom is 0.243 e. The van der Waals surface area contributed by atoms with Gasteiger partial charge in [-0.05, 0) is 30.5 Å². The first-order valence-corrected chi connectivity index (χ1v) is 8.45. The van der Waals surface area contributed by atoms with Crippen molar-refractivity contribution in [2.75, 3.05) is 19.7 Å². The van der Waals surface area contributed by atoms with Crippen molar-refractivity contribution in [1.82, 2.24) is 9.62 Å². The van der Waals surface area contributed by atoms with Crippen LogP contribution in [0.5, 0.6) is 0 Å². The molecule has 2 rings (SSSR count). The van der Waals surface area contributed by atoms with E-state index in [-0.39, 0.29) is 18.0 Å². The lowest BCUT2D eigenvalue weighted by Gasteiger charge is -2.19. The van der Waals surface area contributed by atoms with Crippen molar-refractivity contribution in [3.63, 3.8) is 0 Å². The molecule has 1 fully saturated rings. The molecule has 0 atom stereocenters. The van der Waals surface area contributed by atoms with Gasteiger partial charge in [-0.25, -0.2) is 8.42 Å². The van der Waals surface area contributed by atoms with Crippen molar-refractivity contribution in [2.24, 2.45) is 0 Å². The fourth-order valence-corrected chi connectivity index (χ4v) is 3.48. The minimum absolute atomic E-state index is 0.129. The van der Waals surface area contributed by atoms with E-state index in [4.69, 9.17) is 5.11 Å². The Morgan fingerprint density at radius 3 is 2.45 bits per heavy atom. The predicted octanol–water partition coefficient (Wildman–Crippen LogP) is 0.941. The number of hydrogen-bond acceptors (Lipinski definition) is 4. The zero-order chi connectivity index (χ0) is 14.6. The highest BCUT2D eigenvalue weighted by molar-refractivity contribution is 7.89. The average molecular weight is 298 g/mol. The summed E-state index contributed by atoms with van der Waals surface area (Å²) in [6.45, 7) is 2.86. The maximum absolute atomic E-state index is 12.3. The molecule has 1 saturated carbocycles. The highest BCUT2D eigenvalue weighted by Crippen LogP contribution is 2.20. The molecule has 20 heavy (non-hydrogen) atoms. The van der Waals surface area contributed by atoms with Gasteiger partial charge in [0, 0.05) is 25.7 Å². The van der Waals surface area contributed by atoms with E-state index in [9.17, 15) is 8.42 Å². The van der Waals surface area contributed by atoms with E-state index in [1.165, 1.54) is 17.1 Å². The van der Waals surface area contributed by atoms with Crippen LogP contribution in [0.1, 0.15) is 25.3 Å². The van der Waals surface area contributed by atoms with Crippen molar-refractivity contribution in [1.29, 1.82) is 0 Å². The van der Waals surface area contributed by atoms with E-state index in [0.717, 1.165) is 12.1 Å². The molecule has 0 bridgehead atoms. The van der Waals surface area contributed by atoms with Crippen molar-refractivity contribution >= 4 is 10.0 Å². The Morgan fingerprint density at radius 1 is 1.30 bits per heavy atom. The summed E-state index contributed by atoms with van der Waals surface area (Å²) < 4.78 is 26.0. The van der Waals surface area contributed by atoms with Crippen LogP contribution in [0.3, 0.4) is 0 Å². The number of likely N-dealkylation sites (N-methyl/N-ethyl adjacent to an activating group) is 1. The molecule has 0 radical (unpaired) electrons. The van der Waals surface area contributed by atoms with Crippen LogP contribution in [0.15, 0.2) is 29.2 Å². The predicted molar refractivity (Wildman–Crippen MR) is 77.8 cm³/mol. The van der Waals surface area contributed by atoms with Crippen molar-refractivity contribution in [3.05, 3.63) is 29.8 Å². The molecular formula is C14H22N2O3S. The van der Waals surface area contributed by atoms with E-state index < -0.39 is 10.0 Å². The van der Waals surface area contributed by atoms with Crippen LogP contribution in [0.4, 0.5) is 0 Å². The molecule has 1 aromatic carbocycles. The topological polar surface area (TPSA) is 69.6 Å². The van der Waals surface area contributed by atoms with Crippen molar-refractivity contribution in [3.8, 4) is 0 Å². The quantitative estimate of drug-likeness (QED) is 0.749. The van der Waals surface area contributed by atoms with Gasteiger partial charge in [0.05, 0.1) is 11.5 Å². The number of nitrogens with zero attached hydrogens (tertiary/aromatic N) is 1.